The molecule has 0 radical (unpaired) electrons. The number of esters is 1. The third-order valence-corrected chi connectivity index (χ3v) is 4.71. The number of aryl methyl sites for hydroxylation is 1. The molecule has 4 nitrogen and oxygen atoms in total. The Morgan fingerprint density at radius 3 is 2.36 bits per heavy atom. The van der Waals surface area contributed by atoms with Gasteiger partial charge in [-0.25, -0.2) is 4.98 Å². The van der Waals surface area contributed by atoms with Crippen LogP contribution >= 0.6 is 0 Å². The SMILES string of the molecule is CCCCC/C=C\C/C=C\CCCCCCCC(=O)OCCCn1ccnc1. The van der Waals surface area contributed by atoms with E-state index in [4.69, 9.17) is 4.74 Å². The maximum atomic E-state index is 11.7. The molecule has 0 aliphatic rings. The molecular weight excluding hydrogens is 348 g/mol. The van der Waals surface area contributed by atoms with Crippen LogP contribution in [0.3, 0.4) is 0 Å². The number of ether oxygens (including phenoxy) is 1. The van der Waals surface area contributed by atoms with Gasteiger partial charge in [-0.1, -0.05) is 63.3 Å². The lowest BCUT2D eigenvalue weighted by Gasteiger charge is -2.05. The Kier molecular flexibility index (Phi) is 16.0. The van der Waals surface area contributed by atoms with Crippen molar-refractivity contribution in [3.63, 3.8) is 0 Å². The molecule has 1 aromatic rings. The monoisotopic (exact) mass is 388 g/mol. The number of hydrogen-bond donors (Lipinski definition) is 0. The molecule has 0 amide bonds. The minimum absolute atomic E-state index is 0.0590. The van der Waals surface area contributed by atoms with Crippen molar-refractivity contribution in [3.8, 4) is 0 Å². The molecule has 4 heteroatoms. The summed E-state index contributed by atoms with van der Waals surface area (Å²) in [6.45, 7) is 3.58. The normalized spacial score (nSPS) is 11.6. The summed E-state index contributed by atoms with van der Waals surface area (Å²) in [4.78, 5) is 15.7. The number of rotatable bonds is 18. The molecule has 1 heterocycles. The van der Waals surface area contributed by atoms with Gasteiger partial charge in [0.15, 0.2) is 0 Å². The number of hydrogen-bond acceptors (Lipinski definition) is 3. The van der Waals surface area contributed by atoms with E-state index in [9.17, 15) is 4.79 Å². The highest BCUT2D eigenvalue weighted by Crippen LogP contribution is 2.09. The molecule has 0 bridgehead atoms. The summed E-state index contributed by atoms with van der Waals surface area (Å²) in [5, 5.41) is 0. The average Bonchev–Trinajstić information content (AvgIpc) is 3.22. The Hall–Kier alpha value is -1.84. The van der Waals surface area contributed by atoms with Crippen molar-refractivity contribution in [2.45, 2.75) is 96.9 Å². The lowest BCUT2D eigenvalue weighted by molar-refractivity contribution is -0.143. The van der Waals surface area contributed by atoms with Gasteiger partial charge in [0.05, 0.1) is 12.9 Å². The first-order chi connectivity index (χ1) is 13.8. The van der Waals surface area contributed by atoms with E-state index in [2.05, 4.69) is 36.2 Å². The van der Waals surface area contributed by atoms with Crippen LogP contribution in [0.25, 0.3) is 0 Å². The Labute approximate surface area is 172 Å². The molecule has 0 saturated heterocycles. The molecule has 0 fully saturated rings. The molecule has 0 aromatic carbocycles. The zero-order chi connectivity index (χ0) is 20.1. The summed E-state index contributed by atoms with van der Waals surface area (Å²) in [6, 6.07) is 0. The summed E-state index contributed by atoms with van der Waals surface area (Å²) < 4.78 is 7.27. The summed E-state index contributed by atoms with van der Waals surface area (Å²) in [7, 11) is 0. The second-order valence-corrected chi connectivity index (χ2v) is 7.36. The molecule has 0 aliphatic heterocycles. The van der Waals surface area contributed by atoms with Crippen LogP contribution in [-0.4, -0.2) is 22.1 Å². The predicted molar refractivity (Wildman–Crippen MR) is 117 cm³/mol. The van der Waals surface area contributed by atoms with Crippen molar-refractivity contribution in [1.82, 2.24) is 9.55 Å². The average molecular weight is 389 g/mol. The van der Waals surface area contributed by atoms with Gasteiger partial charge in [0.2, 0.25) is 0 Å². The van der Waals surface area contributed by atoms with E-state index >= 15 is 0 Å². The van der Waals surface area contributed by atoms with Crippen molar-refractivity contribution in [2.75, 3.05) is 6.61 Å². The Morgan fingerprint density at radius 2 is 1.64 bits per heavy atom. The molecule has 0 aliphatic carbocycles. The zero-order valence-electron chi connectivity index (χ0n) is 17.9. The van der Waals surface area contributed by atoms with Crippen molar-refractivity contribution >= 4 is 5.97 Å². The first kappa shape index (κ1) is 24.2. The Bertz CT molecular complexity index is 521. The molecule has 0 saturated carbocycles. The van der Waals surface area contributed by atoms with Gasteiger partial charge in [-0.3, -0.25) is 4.79 Å². The highest BCUT2D eigenvalue weighted by molar-refractivity contribution is 5.69. The molecule has 0 N–H and O–H groups in total. The van der Waals surface area contributed by atoms with E-state index in [-0.39, 0.29) is 5.97 Å². The highest BCUT2D eigenvalue weighted by Gasteiger charge is 2.02. The van der Waals surface area contributed by atoms with Crippen molar-refractivity contribution in [2.24, 2.45) is 0 Å². The highest BCUT2D eigenvalue weighted by atomic mass is 16.5. The zero-order valence-corrected chi connectivity index (χ0v) is 17.9. The molecule has 1 aromatic heterocycles. The minimum atomic E-state index is -0.0590. The van der Waals surface area contributed by atoms with E-state index in [1.54, 1.807) is 12.5 Å². The Balaban J connectivity index is 1.80. The lowest BCUT2D eigenvalue weighted by atomic mass is 10.1. The van der Waals surface area contributed by atoms with Gasteiger partial charge < -0.3 is 9.30 Å². The van der Waals surface area contributed by atoms with Crippen LogP contribution in [0.15, 0.2) is 43.0 Å². The third kappa shape index (κ3) is 15.2. The quantitative estimate of drug-likeness (QED) is 0.161. The fraction of sp³-hybridized carbons (Fsp3) is 0.667. The Morgan fingerprint density at radius 1 is 0.929 bits per heavy atom. The van der Waals surface area contributed by atoms with Gasteiger partial charge >= 0.3 is 5.97 Å². The molecule has 0 atom stereocenters. The number of carbonyl (C=O) groups excluding carboxylic acids is 1. The number of allylic oxidation sites excluding steroid dienone is 4. The molecule has 1 rings (SSSR count). The number of aromatic nitrogens is 2. The van der Waals surface area contributed by atoms with Crippen molar-refractivity contribution < 1.29 is 9.53 Å². The van der Waals surface area contributed by atoms with Gasteiger partial charge in [-0.15, -0.1) is 0 Å². The summed E-state index contributed by atoms with van der Waals surface area (Å²) >= 11 is 0. The van der Waals surface area contributed by atoms with Gasteiger partial charge in [-0.2, -0.15) is 0 Å². The summed E-state index contributed by atoms with van der Waals surface area (Å²) in [5.74, 6) is -0.0590. The minimum Gasteiger partial charge on any atom is -0.466 e. The summed E-state index contributed by atoms with van der Waals surface area (Å²) in [5.41, 5.74) is 0. The van der Waals surface area contributed by atoms with E-state index < -0.39 is 0 Å². The number of unbranched alkanes of at least 4 members (excludes halogenated alkanes) is 8. The third-order valence-electron chi connectivity index (χ3n) is 4.71. The van der Waals surface area contributed by atoms with Gasteiger partial charge in [0.1, 0.15) is 0 Å². The molecule has 28 heavy (non-hydrogen) atoms. The van der Waals surface area contributed by atoms with Crippen LogP contribution < -0.4 is 0 Å². The van der Waals surface area contributed by atoms with Gasteiger partial charge in [0, 0.05) is 25.4 Å². The maximum absolute atomic E-state index is 11.7. The second kappa shape index (κ2) is 18.5. The molecule has 158 valence electrons. The van der Waals surface area contributed by atoms with E-state index in [1.807, 2.05) is 10.8 Å². The van der Waals surface area contributed by atoms with Gasteiger partial charge in [-0.05, 0) is 44.9 Å². The largest absolute Gasteiger partial charge is 0.466 e. The lowest BCUT2D eigenvalue weighted by Crippen LogP contribution is -2.07. The van der Waals surface area contributed by atoms with Crippen LogP contribution in [0.2, 0.25) is 0 Å². The number of imidazole rings is 1. The fourth-order valence-electron chi connectivity index (χ4n) is 3.01. The molecule has 0 spiro atoms. The van der Waals surface area contributed by atoms with Crippen LogP contribution in [0.4, 0.5) is 0 Å². The van der Waals surface area contributed by atoms with Crippen LogP contribution in [0, 0.1) is 0 Å². The van der Waals surface area contributed by atoms with E-state index in [0.717, 1.165) is 32.2 Å². The van der Waals surface area contributed by atoms with Gasteiger partial charge in [0.25, 0.3) is 0 Å². The number of carbonyl (C=O) groups is 1. The standard InChI is InChI=1S/C24H40N2O2/c1-2-3-4-5-6-7-8-9-10-11-12-13-14-15-16-18-24(27)28-22-17-20-26-21-19-25-23-26/h6-7,9-10,19,21,23H,2-5,8,11-18,20,22H2,1H3/b7-6-,10-9-. The smallest absolute Gasteiger partial charge is 0.305 e. The van der Waals surface area contributed by atoms with Crippen LogP contribution in [0.1, 0.15) is 90.4 Å². The van der Waals surface area contributed by atoms with E-state index in [1.165, 1.54) is 51.4 Å². The summed E-state index contributed by atoms with van der Waals surface area (Å²) in [6.07, 6.45) is 29.2. The molecular formula is C24H40N2O2. The predicted octanol–water partition coefficient (Wildman–Crippen LogP) is 6.63. The van der Waals surface area contributed by atoms with E-state index in [0.29, 0.717) is 13.0 Å². The fourth-order valence-corrected chi connectivity index (χ4v) is 3.01. The first-order valence-electron chi connectivity index (χ1n) is 11.2. The first-order valence-corrected chi connectivity index (χ1v) is 11.2. The maximum Gasteiger partial charge on any atom is 0.305 e. The number of nitrogens with zero attached hydrogens (tertiary/aromatic N) is 2. The second-order valence-electron chi connectivity index (χ2n) is 7.36. The van der Waals surface area contributed by atoms with Crippen LogP contribution in [-0.2, 0) is 16.1 Å². The molecule has 0 unspecified atom stereocenters. The van der Waals surface area contributed by atoms with Crippen molar-refractivity contribution in [1.29, 1.82) is 0 Å². The topological polar surface area (TPSA) is 44.1 Å². The van der Waals surface area contributed by atoms with Crippen molar-refractivity contribution in [3.05, 3.63) is 43.0 Å². The van der Waals surface area contributed by atoms with Crippen LogP contribution in [0.5, 0.6) is 0 Å².